The van der Waals surface area contributed by atoms with Gasteiger partial charge in [0.15, 0.2) is 0 Å². The van der Waals surface area contributed by atoms with Crippen molar-refractivity contribution in [2.24, 2.45) is 0 Å². The zero-order valence-electron chi connectivity index (χ0n) is 13.0. The molecule has 0 aliphatic carbocycles. The van der Waals surface area contributed by atoms with Crippen LogP contribution in [0.5, 0.6) is 0 Å². The third-order valence-electron chi connectivity index (χ3n) is 4.49. The van der Waals surface area contributed by atoms with Gasteiger partial charge in [-0.3, -0.25) is 0 Å². The number of halogens is 1. The fourth-order valence-electron chi connectivity index (χ4n) is 2.75. The number of rotatable bonds is 2. The molecule has 0 radical (unpaired) electrons. The highest BCUT2D eigenvalue weighted by molar-refractivity contribution is 5.89. The molecule has 2 aromatic carbocycles. The minimum atomic E-state index is -1.12. The minimum Gasteiger partial charge on any atom is -0.478 e. The lowest BCUT2D eigenvalue weighted by atomic mass is 9.86. The van der Waals surface area contributed by atoms with Crippen molar-refractivity contribution in [3.8, 4) is 11.1 Å². The second-order valence-electron chi connectivity index (χ2n) is 5.50. The monoisotopic (exact) mass is 286 g/mol. The second kappa shape index (κ2) is 5.32. The highest BCUT2D eigenvalue weighted by Crippen LogP contribution is 2.35. The molecule has 3 heteroatoms. The molecular weight excluding hydrogens is 267 g/mol. The van der Waals surface area contributed by atoms with Crippen LogP contribution in [0.25, 0.3) is 11.1 Å². The van der Waals surface area contributed by atoms with Gasteiger partial charge in [0, 0.05) is 5.56 Å². The summed E-state index contributed by atoms with van der Waals surface area (Å²) in [6, 6.07) is 4.09. The van der Waals surface area contributed by atoms with Gasteiger partial charge in [0.1, 0.15) is 5.82 Å². The summed E-state index contributed by atoms with van der Waals surface area (Å²) in [6.07, 6.45) is 0. The molecule has 0 heterocycles. The smallest absolute Gasteiger partial charge is 0.335 e. The van der Waals surface area contributed by atoms with Crippen LogP contribution in [-0.2, 0) is 0 Å². The van der Waals surface area contributed by atoms with Gasteiger partial charge in [-0.1, -0.05) is 6.07 Å². The molecule has 21 heavy (non-hydrogen) atoms. The molecule has 0 aliphatic rings. The van der Waals surface area contributed by atoms with E-state index < -0.39 is 11.8 Å². The van der Waals surface area contributed by atoms with Gasteiger partial charge in [-0.2, -0.15) is 0 Å². The number of benzene rings is 2. The van der Waals surface area contributed by atoms with E-state index in [1.54, 1.807) is 6.07 Å². The van der Waals surface area contributed by atoms with Gasteiger partial charge in [0.2, 0.25) is 0 Å². The van der Waals surface area contributed by atoms with E-state index in [4.69, 9.17) is 5.11 Å². The third kappa shape index (κ3) is 2.44. The van der Waals surface area contributed by atoms with E-state index in [0.717, 1.165) is 33.9 Å². The molecule has 0 aromatic heterocycles. The molecule has 0 aliphatic heterocycles. The maximum absolute atomic E-state index is 14.4. The van der Waals surface area contributed by atoms with Crippen LogP contribution >= 0.6 is 0 Å². The van der Waals surface area contributed by atoms with E-state index in [0.29, 0.717) is 5.56 Å². The third-order valence-corrected chi connectivity index (χ3v) is 4.49. The summed E-state index contributed by atoms with van der Waals surface area (Å²) in [4.78, 5) is 10.9. The van der Waals surface area contributed by atoms with Gasteiger partial charge in [-0.05, 0) is 80.1 Å². The lowest BCUT2D eigenvalue weighted by Crippen LogP contribution is -2.02. The summed E-state index contributed by atoms with van der Waals surface area (Å²) in [5.74, 6) is -1.62. The Morgan fingerprint density at radius 3 is 1.81 bits per heavy atom. The van der Waals surface area contributed by atoms with Gasteiger partial charge >= 0.3 is 5.97 Å². The number of hydrogen-bond acceptors (Lipinski definition) is 1. The highest BCUT2D eigenvalue weighted by Gasteiger charge is 2.17. The molecule has 2 rings (SSSR count). The number of carboxylic acid groups (broad SMARTS) is 1. The average Bonchev–Trinajstić information content (AvgIpc) is 2.44. The van der Waals surface area contributed by atoms with Crippen LogP contribution in [0.1, 0.15) is 38.2 Å². The summed E-state index contributed by atoms with van der Waals surface area (Å²) < 4.78 is 14.4. The average molecular weight is 286 g/mol. The number of carboxylic acids is 1. The van der Waals surface area contributed by atoms with Crippen LogP contribution in [0.4, 0.5) is 4.39 Å². The van der Waals surface area contributed by atoms with Gasteiger partial charge < -0.3 is 5.11 Å². The Morgan fingerprint density at radius 1 is 0.905 bits per heavy atom. The molecule has 0 unspecified atom stereocenters. The Bertz CT molecular complexity index is 716. The molecule has 0 saturated heterocycles. The van der Waals surface area contributed by atoms with Crippen molar-refractivity contribution < 1.29 is 14.3 Å². The molecule has 2 nitrogen and oxygen atoms in total. The fourth-order valence-corrected chi connectivity index (χ4v) is 2.75. The molecule has 1 N–H and O–H groups in total. The first-order valence-electron chi connectivity index (χ1n) is 6.85. The predicted octanol–water partition coefficient (Wildman–Crippen LogP) is 4.73. The summed E-state index contributed by atoms with van der Waals surface area (Å²) in [6.45, 7) is 10.1. The minimum absolute atomic E-state index is 0.0351. The Labute approximate surface area is 124 Å². The first-order chi connectivity index (χ1) is 9.75. The molecular formula is C18H19FO2. The summed E-state index contributed by atoms with van der Waals surface area (Å²) >= 11 is 0. The molecule has 0 spiro atoms. The van der Waals surface area contributed by atoms with E-state index in [-0.39, 0.29) is 5.56 Å². The summed E-state index contributed by atoms with van der Waals surface area (Å²) in [5, 5.41) is 8.94. The fraction of sp³-hybridized carbons (Fsp3) is 0.278. The molecule has 0 atom stereocenters. The van der Waals surface area contributed by atoms with E-state index in [1.807, 2.05) is 27.7 Å². The Hall–Kier alpha value is -2.16. The van der Waals surface area contributed by atoms with Crippen molar-refractivity contribution in [3.05, 3.63) is 57.4 Å². The van der Waals surface area contributed by atoms with E-state index >= 15 is 0 Å². The zero-order chi connectivity index (χ0) is 15.9. The van der Waals surface area contributed by atoms with Crippen molar-refractivity contribution in [2.75, 3.05) is 0 Å². The van der Waals surface area contributed by atoms with Crippen molar-refractivity contribution in [3.63, 3.8) is 0 Å². The predicted molar refractivity (Wildman–Crippen MR) is 82.5 cm³/mol. The van der Waals surface area contributed by atoms with Crippen molar-refractivity contribution >= 4 is 5.97 Å². The second-order valence-corrected chi connectivity index (χ2v) is 5.50. The van der Waals surface area contributed by atoms with Gasteiger partial charge in [-0.15, -0.1) is 0 Å². The SMILES string of the molecule is Cc1c(C)c(C)c(-c2ccc(C(=O)O)cc2F)c(C)c1C. The molecule has 110 valence electrons. The quantitative estimate of drug-likeness (QED) is 0.866. The number of hydrogen-bond donors (Lipinski definition) is 1. The van der Waals surface area contributed by atoms with Crippen LogP contribution < -0.4 is 0 Å². The molecule has 2 aromatic rings. The number of aromatic carboxylic acids is 1. The van der Waals surface area contributed by atoms with Crippen molar-refractivity contribution in [1.82, 2.24) is 0 Å². The summed E-state index contributed by atoms with van der Waals surface area (Å²) in [7, 11) is 0. The Kier molecular flexibility index (Phi) is 3.86. The molecule has 0 fully saturated rings. The largest absolute Gasteiger partial charge is 0.478 e. The van der Waals surface area contributed by atoms with Crippen LogP contribution in [-0.4, -0.2) is 11.1 Å². The Balaban J connectivity index is 2.77. The van der Waals surface area contributed by atoms with Gasteiger partial charge in [-0.25, -0.2) is 9.18 Å². The molecule has 0 saturated carbocycles. The van der Waals surface area contributed by atoms with Crippen LogP contribution in [0.2, 0.25) is 0 Å². The lowest BCUT2D eigenvalue weighted by molar-refractivity contribution is 0.0696. The summed E-state index contributed by atoms with van der Waals surface area (Å²) in [5.41, 5.74) is 6.88. The van der Waals surface area contributed by atoms with Crippen LogP contribution in [0.15, 0.2) is 18.2 Å². The molecule has 0 bridgehead atoms. The normalized spacial score (nSPS) is 10.8. The van der Waals surface area contributed by atoms with Crippen LogP contribution in [0, 0.1) is 40.4 Å². The van der Waals surface area contributed by atoms with E-state index in [1.165, 1.54) is 11.6 Å². The zero-order valence-corrected chi connectivity index (χ0v) is 13.0. The Morgan fingerprint density at radius 2 is 1.38 bits per heavy atom. The van der Waals surface area contributed by atoms with Crippen molar-refractivity contribution in [2.45, 2.75) is 34.6 Å². The number of carbonyl (C=O) groups is 1. The maximum atomic E-state index is 14.4. The standard InChI is InChI=1S/C18H19FO2/c1-9-10(2)12(4)17(13(5)11(9)3)15-7-6-14(18(20)21)8-16(15)19/h6-8H,1-5H3,(H,20,21). The van der Waals surface area contributed by atoms with E-state index in [9.17, 15) is 9.18 Å². The highest BCUT2D eigenvalue weighted by atomic mass is 19.1. The van der Waals surface area contributed by atoms with Crippen molar-refractivity contribution in [1.29, 1.82) is 0 Å². The molecule has 0 amide bonds. The van der Waals surface area contributed by atoms with Crippen LogP contribution in [0.3, 0.4) is 0 Å². The first-order valence-corrected chi connectivity index (χ1v) is 6.85. The van der Waals surface area contributed by atoms with E-state index in [2.05, 4.69) is 6.92 Å². The maximum Gasteiger partial charge on any atom is 0.335 e. The van der Waals surface area contributed by atoms with Gasteiger partial charge in [0.25, 0.3) is 0 Å². The lowest BCUT2D eigenvalue weighted by Gasteiger charge is -2.19. The topological polar surface area (TPSA) is 37.3 Å². The first kappa shape index (κ1) is 15.2. The van der Waals surface area contributed by atoms with Gasteiger partial charge in [0.05, 0.1) is 5.56 Å².